The van der Waals surface area contributed by atoms with Crippen LogP contribution in [-0.2, 0) is 6.42 Å². The van der Waals surface area contributed by atoms with Gasteiger partial charge in [-0.05, 0) is 37.6 Å². The molecule has 0 aliphatic rings. The summed E-state index contributed by atoms with van der Waals surface area (Å²) in [4.78, 5) is 0. The van der Waals surface area contributed by atoms with Crippen LogP contribution >= 0.6 is 0 Å². The predicted octanol–water partition coefficient (Wildman–Crippen LogP) is 3.25. The molecule has 0 saturated heterocycles. The number of halogens is 2. The fourth-order valence-corrected chi connectivity index (χ4v) is 2.00. The SMILES string of the molecule is CCN[C@@H](C)Cc1cc2ccoc2c(F)c1F. The van der Waals surface area contributed by atoms with Gasteiger partial charge in [-0.1, -0.05) is 6.92 Å². The van der Waals surface area contributed by atoms with Crippen LogP contribution in [-0.4, -0.2) is 12.6 Å². The molecule has 0 spiro atoms. The van der Waals surface area contributed by atoms with Crippen molar-refractivity contribution in [2.75, 3.05) is 6.54 Å². The molecule has 0 unspecified atom stereocenters. The quantitative estimate of drug-likeness (QED) is 0.886. The lowest BCUT2D eigenvalue weighted by atomic mass is 10.0. The van der Waals surface area contributed by atoms with E-state index in [0.717, 1.165) is 6.54 Å². The Morgan fingerprint density at radius 3 is 2.82 bits per heavy atom. The molecule has 1 atom stereocenters. The van der Waals surface area contributed by atoms with Crippen LogP contribution in [0, 0.1) is 11.6 Å². The van der Waals surface area contributed by atoms with Crippen molar-refractivity contribution in [2.24, 2.45) is 0 Å². The zero-order valence-corrected chi connectivity index (χ0v) is 9.89. The van der Waals surface area contributed by atoms with E-state index >= 15 is 0 Å². The highest BCUT2D eigenvalue weighted by Gasteiger charge is 2.16. The third-order valence-corrected chi connectivity index (χ3v) is 2.78. The molecule has 2 rings (SSSR count). The number of hydrogen-bond acceptors (Lipinski definition) is 2. The molecular formula is C13H15F2NO. The van der Waals surface area contributed by atoms with Crippen molar-refractivity contribution in [2.45, 2.75) is 26.3 Å². The lowest BCUT2D eigenvalue weighted by Gasteiger charge is -2.13. The Balaban J connectivity index is 2.36. The molecule has 0 fully saturated rings. The van der Waals surface area contributed by atoms with Crippen molar-refractivity contribution in [3.8, 4) is 0 Å². The molecule has 1 aromatic heterocycles. The number of hydrogen-bond donors (Lipinski definition) is 1. The van der Waals surface area contributed by atoms with Gasteiger partial charge < -0.3 is 9.73 Å². The van der Waals surface area contributed by atoms with Gasteiger partial charge in [0.05, 0.1) is 6.26 Å². The molecule has 17 heavy (non-hydrogen) atoms. The van der Waals surface area contributed by atoms with Gasteiger partial charge >= 0.3 is 0 Å². The maximum absolute atomic E-state index is 13.7. The summed E-state index contributed by atoms with van der Waals surface area (Å²) >= 11 is 0. The minimum atomic E-state index is -0.897. The van der Waals surface area contributed by atoms with E-state index in [9.17, 15) is 8.78 Å². The Bertz CT molecular complexity index is 521. The second kappa shape index (κ2) is 4.84. The lowest BCUT2D eigenvalue weighted by molar-refractivity contribution is 0.474. The van der Waals surface area contributed by atoms with E-state index < -0.39 is 11.6 Å². The van der Waals surface area contributed by atoms with Crippen LogP contribution in [0.2, 0.25) is 0 Å². The normalized spacial score (nSPS) is 13.2. The van der Waals surface area contributed by atoms with Crippen LogP contribution in [0.3, 0.4) is 0 Å². The van der Waals surface area contributed by atoms with Gasteiger partial charge in [-0.2, -0.15) is 4.39 Å². The zero-order chi connectivity index (χ0) is 12.4. The van der Waals surface area contributed by atoms with Gasteiger partial charge in [0.2, 0.25) is 5.82 Å². The second-order valence-electron chi connectivity index (χ2n) is 4.17. The van der Waals surface area contributed by atoms with E-state index in [1.165, 1.54) is 6.26 Å². The van der Waals surface area contributed by atoms with Gasteiger partial charge in [-0.15, -0.1) is 0 Å². The van der Waals surface area contributed by atoms with E-state index in [1.807, 2.05) is 13.8 Å². The molecule has 1 N–H and O–H groups in total. The molecule has 0 radical (unpaired) electrons. The molecule has 1 heterocycles. The van der Waals surface area contributed by atoms with E-state index in [4.69, 9.17) is 4.42 Å². The first kappa shape index (κ1) is 12.0. The third-order valence-electron chi connectivity index (χ3n) is 2.78. The number of benzene rings is 1. The van der Waals surface area contributed by atoms with E-state index in [-0.39, 0.29) is 11.6 Å². The van der Waals surface area contributed by atoms with Gasteiger partial charge in [0.1, 0.15) is 0 Å². The summed E-state index contributed by atoms with van der Waals surface area (Å²) in [5.74, 6) is -1.71. The first-order chi connectivity index (χ1) is 8.13. The van der Waals surface area contributed by atoms with E-state index in [0.29, 0.717) is 17.4 Å². The number of furan rings is 1. The summed E-state index contributed by atoms with van der Waals surface area (Å²) in [5.41, 5.74) is 0.368. The molecule has 0 bridgehead atoms. The Labute approximate surface area is 98.6 Å². The smallest absolute Gasteiger partial charge is 0.202 e. The third kappa shape index (κ3) is 2.31. The highest BCUT2D eigenvalue weighted by molar-refractivity contribution is 5.78. The van der Waals surface area contributed by atoms with Gasteiger partial charge in [0, 0.05) is 11.4 Å². The van der Waals surface area contributed by atoms with Crippen molar-refractivity contribution in [3.63, 3.8) is 0 Å². The summed E-state index contributed by atoms with van der Waals surface area (Å²) in [6.45, 7) is 4.73. The van der Waals surface area contributed by atoms with Crippen LogP contribution in [0.4, 0.5) is 8.78 Å². The fraction of sp³-hybridized carbons (Fsp3) is 0.385. The molecular weight excluding hydrogens is 224 g/mol. The largest absolute Gasteiger partial charge is 0.461 e. The molecule has 0 aliphatic carbocycles. The zero-order valence-electron chi connectivity index (χ0n) is 9.89. The van der Waals surface area contributed by atoms with Crippen molar-refractivity contribution < 1.29 is 13.2 Å². The fourth-order valence-electron chi connectivity index (χ4n) is 2.00. The maximum atomic E-state index is 13.7. The van der Waals surface area contributed by atoms with E-state index in [1.54, 1.807) is 12.1 Å². The van der Waals surface area contributed by atoms with Gasteiger partial charge in [-0.3, -0.25) is 0 Å². The van der Waals surface area contributed by atoms with Crippen LogP contribution in [0.25, 0.3) is 11.0 Å². The minimum absolute atomic E-state index is 0.0117. The molecule has 2 nitrogen and oxygen atoms in total. The van der Waals surface area contributed by atoms with Gasteiger partial charge in [-0.25, -0.2) is 4.39 Å². The molecule has 92 valence electrons. The molecule has 0 amide bonds. The first-order valence-corrected chi connectivity index (χ1v) is 5.71. The van der Waals surface area contributed by atoms with Crippen molar-refractivity contribution >= 4 is 11.0 Å². The standard InChI is InChI=1S/C13H15F2NO/c1-3-16-8(2)6-10-7-9-4-5-17-13(9)12(15)11(10)14/h4-5,7-8,16H,3,6H2,1-2H3/t8-/m0/s1. The number of likely N-dealkylation sites (N-methyl/N-ethyl adjacent to an activating group) is 1. The molecule has 1 aromatic carbocycles. The summed E-state index contributed by atoms with van der Waals surface area (Å²) < 4.78 is 32.3. The van der Waals surface area contributed by atoms with Crippen LogP contribution in [0.1, 0.15) is 19.4 Å². The maximum Gasteiger partial charge on any atom is 0.202 e. The predicted molar refractivity (Wildman–Crippen MR) is 63.0 cm³/mol. The van der Waals surface area contributed by atoms with Crippen LogP contribution < -0.4 is 5.32 Å². The Kier molecular flexibility index (Phi) is 3.43. The van der Waals surface area contributed by atoms with E-state index in [2.05, 4.69) is 5.32 Å². The number of rotatable bonds is 4. The molecule has 2 aromatic rings. The second-order valence-corrected chi connectivity index (χ2v) is 4.17. The topological polar surface area (TPSA) is 25.2 Å². The average molecular weight is 239 g/mol. The Morgan fingerprint density at radius 1 is 1.35 bits per heavy atom. The molecule has 0 saturated carbocycles. The van der Waals surface area contributed by atoms with Crippen molar-refractivity contribution in [3.05, 3.63) is 35.6 Å². The molecule has 0 aliphatic heterocycles. The first-order valence-electron chi connectivity index (χ1n) is 5.71. The van der Waals surface area contributed by atoms with Gasteiger partial charge in [0.15, 0.2) is 11.4 Å². The van der Waals surface area contributed by atoms with Crippen molar-refractivity contribution in [1.29, 1.82) is 0 Å². The lowest BCUT2D eigenvalue weighted by Crippen LogP contribution is -2.28. The Morgan fingerprint density at radius 2 is 2.12 bits per heavy atom. The van der Waals surface area contributed by atoms with Gasteiger partial charge in [0.25, 0.3) is 0 Å². The average Bonchev–Trinajstić information content (AvgIpc) is 2.74. The monoisotopic (exact) mass is 239 g/mol. The summed E-state index contributed by atoms with van der Waals surface area (Å²) in [5, 5.41) is 3.77. The highest BCUT2D eigenvalue weighted by Crippen LogP contribution is 2.25. The molecule has 4 heteroatoms. The highest BCUT2D eigenvalue weighted by atomic mass is 19.2. The number of fused-ring (bicyclic) bond motifs is 1. The summed E-state index contributed by atoms with van der Waals surface area (Å²) in [6, 6.07) is 3.39. The van der Waals surface area contributed by atoms with Crippen LogP contribution in [0.15, 0.2) is 22.8 Å². The summed E-state index contributed by atoms with van der Waals surface area (Å²) in [7, 11) is 0. The summed E-state index contributed by atoms with van der Waals surface area (Å²) in [6.07, 6.45) is 1.82. The Hall–Kier alpha value is -1.42. The minimum Gasteiger partial charge on any atom is -0.461 e. The number of nitrogens with one attached hydrogen (secondary N) is 1. The van der Waals surface area contributed by atoms with Crippen molar-refractivity contribution in [1.82, 2.24) is 5.32 Å². The van der Waals surface area contributed by atoms with Crippen LogP contribution in [0.5, 0.6) is 0 Å².